The van der Waals surface area contributed by atoms with Crippen LogP contribution in [0.4, 0.5) is 4.39 Å². The third kappa shape index (κ3) is 5.11. The number of halogens is 3. The molecule has 0 aliphatic heterocycles. The normalized spacial score (nSPS) is 14.0. The van der Waals surface area contributed by atoms with Gasteiger partial charge in [-0.3, -0.25) is 0 Å². The Hall–Kier alpha value is -2.48. The predicted molar refractivity (Wildman–Crippen MR) is 146 cm³/mol. The molecule has 0 spiro atoms. The van der Waals surface area contributed by atoms with Crippen LogP contribution in [0.2, 0.25) is 0 Å². The number of hydrogen-bond donors (Lipinski definition) is 1. The van der Waals surface area contributed by atoms with Gasteiger partial charge in [-0.25, -0.2) is 0 Å². The molecule has 2 aromatic heterocycles. The molecule has 2 heterocycles. The zero-order valence-corrected chi connectivity index (χ0v) is 22.9. The van der Waals surface area contributed by atoms with Crippen molar-refractivity contribution >= 4 is 49.2 Å². The van der Waals surface area contributed by atoms with Crippen molar-refractivity contribution in [3.63, 3.8) is 0 Å². The number of aromatic nitrogens is 3. The first-order valence-corrected chi connectivity index (χ1v) is 22.0. The van der Waals surface area contributed by atoms with Crippen molar-refractivity contribution in [2.45, 2.75) is 12.8 Å². The molecule has 0 radical (unpaired) electrons. The third-order valence-electron chi connectivity index (χ3n) is 5.21. The summed E-state index contributed by atoms with van der Waals surface area (Å²) < 4.78 is 31.3. The maximum atomic E-state index is 13.3. The number of carbonyl (C=O) groups excluding carboxylic acids is 1. The summed E-state index contributed by atoms with van der Waals surface area (Å²) in [5, 5.41) is 5.39. The summed E-state index contributed by atoms with van der Waals surface area (Å²) in [6.45, 7) is 0. The maximum absolute atomic E-state index is 13.3. The van der Waals surface area contributed by atoms with E-state index in [1.165, 1.54) is 12.1 Å². The Kier molecular flexibility index (Phi) is 6.86. The van der Waals surface area contributed by atoms with Crippen LogP contribution in [0.1, 0.15) is 12.8 Å². The second-order valence-electron chi connectivity index (χ2n) is 7.69. The number of benzene rings is 2. The minimum atomic E-state index is -2.24. The monoisotopic (exact) mass is 688 g/mol. The standard InChI is InChI=1S/C24H23FI2N4O3/c1-26(30-24(32)16-3-4-16)27(19-7-12-23(33-2)28-15-19)34-21-10-11-22-17(13-21)14-29-31(22)20-8-5-18(25)6-9-20/h5-16H,3-4H2,1-2H3,(H,30,32). The van der Waals surface area contributed by atoms with Gasteiger partial charge in [-0.05, 0) is 0 Å². The average molecular weight is 688 g/mol. The summed E-state index contributed by atoms with van der Waals surface area (Å²) in [5.74, 6) is 1.34. The van der Waals surface area contributed by atoms with Gasteiger partial charge in [-0.2, -0.15) is 0 Å². The van der Waals surface area contributed by atoms with Crippen LogP contribution >= 0.6 is 32.4 Å². The van der Waals surface area contributed by atoms with Crippen molar-refractivity contribution < 1.29 is 17.0 Å². The number of nitrogens with one attached hydrogen (secondary N) is 1. The molecule has 34 heavy (non-hydrogen) atoms. The molecule has 1 aliphatic rings. The van der Waals surface area contributed by atoms with E-state index < -0.39 is 32.4 Å². The number of pyridine rings is 1. The quantitative estimate of drug-likeness (QED) is 0.146. The molecule has 2 aromatic carbocycles. The second-order valence-corrected chi connectivity index (χ2v) is 26.6. The Balaban J connectivity index is 1.42. The van der Waals surface area contributed by atoms with Crippen LogP contribution in [0.5, 0.6) is 11.6 Å². The van der Waals surface area contributed by atoms with Crippen molar-refractivity contribution in [1.29, 1.82) is 0 Å². The molecule has 1 N–H and O–H groups in total. The van der Waals surface area contributed by atoms with Gasteiger partial charge in [0.2, 0.25) is 0 Å². The molecule has 0 bridgehead atoms. The molecule has 1 aliphatic carbocycles. The Labute approximate surface area is 207 Å². The van der Waals surface area contributed by atoms with Crippen molar-refractivity contribution in [3.05, 3.63) is 76.4 Å². The number of hydrogen-bond acceptors (Lipinski definition) is 5. The summed E-state index contributed by atoms with van der Waals surface area (Å²) in [7, 11) is 1.59. The van der Waals surface area contributed by atoms with Crippen LogP contribution in [0.15, 0.2) is 67.0 Å². The second kappa shape index (κ2) is 10.0. The van der Waals surface area contributed by atoms with Crippen molar-refractivity contribution in [1.82, 2.24) is 18.3 Å². The third-order valence-corrected chi connectivity index (χ3v) is 23.2. The molecule has 10 heteroatoms. The molecule has 0 atom stereocenters. The molecule has 4 aromatic rings. The van der Waals surface area contributed by atoms with Crippen LogP contribution in [0, 0.1) is 15.3 Å². The van der Waals surface area contributed by atoms with Gasteiger partial charge in [0.15, 0.2) is 0 Å². The first kappa shape index (κ1) is 23.3. The number of methoxy groups -OCH3 is 1. The zero-order valence-electron chi connectivity index (χ0n) is 18.5. The predicted octanol–water partition coefficient (Wildman–Crippen LogP) is 5.73. The van der Waals surface area contributed by atoms with Gasteiger partial charge in [-0.15, -0.1) is 0 Å². The molecule has 7 nitrogen and oxygen atoms in total. The van der Waals surface area contributed by atoms with E-state index in [-0.39, 0.29) is 17.6 Å². The fourth-order valence-corrected chi connectivity index (χ4v) is 19.3. The summed E-state index contributed by atoms with van der Waals surface area (Å²) in [6.07, 6.45) is 5.54. The van der Waals surface area contributed by atoms with Gasteiger partial charge in [0.1, 0.15) is 0 Å². The molecule has 0 saturated heterocycles. The van der Waals surface area contributed by atoms with E-state index in [0.29, 0.717) is 5.88 Å². The van der Waals surface area contributed by atoms with Crippen LogP contribution in [0.25, 0.3) is 16.6 Å². The number of rotatable bonds is 8. The van der Waals surface area contributed by atoms with E-state index in [1.54, 1.807) is 30.1 Å². The van der Waals surface area contributed by atoms with E-state index in [4.69, 9.17) is 7.80 Å². The molecule has 0 unspecified atom stereocenters. The van der Waals surface area contributed by atoms with Gasteiger partial charge in [0, 0.05) is 0 Å². The van der Waals surface area contributed by atoms with E-state index in [2.05, 4.69) is 18.5 Å². The Bertz CT molecular complexity index is 1310. The number of ether oxygens (including phenoxy) is 1. The van der Waals surface area contributed by atoms with Crippen molar-refractivity contribution in [2.75, 3.05) is 12.0 Å². The molecular formula is C24H23FI2N4O3. The molecule has 1 saturated carbocycles. The Morgan fingerprint density at radius 3 is 2.59 bits per heavy atom. The molecule has 1 fully saturated rings. The van der Waals surface area contributed by atoms with Gasteiger partial charge < -0.3 is 0 Å². The van der Waals surface area contributed by atoms with Crippen molar-refractivity contribution in [2.24, 2.45) is 5.92 Å². The van der Waals surface area contributed by atoms with Gasteiger partial charge in [0.25, 0.3) is 0 Å². The number of fused-ring (bicyclic) bond motifs is 1. The van der Waals surface area contributed by atoms with Gasteiger partial charge in [0.05, 0.1) is 0 Å². The summed E-state index contributed by atoms with van der Waals surface area (Å²) >= 11 is -4.17. The van der Waals surface area contributed by atoms with E-state index in [1.807, 2.05) is 36.5 Å². The molecule has 5 rings (SSSR count). The SMILES string of the molecule is COc1ccc(I(Oc2ccc3c(cnn3-c3ccc(F)cc3)c2)I(C)NC(=O)C2CC2)cn1. The number of nitrogens with zero attached hydrogens (tertiary/aromatic N) is 3. The van der Waals surface area contributed by atoms with Crippen molar-refractivity contribution in [3.8, 4) is 17.3 Å². The van der Waals surface area contributed by atoms with Crippen LogP contribution < -0.4 is 11.3 Å². The molecular weight excluding hydrogens is 665 g/mol. The first-order valence-electron chi connectivity index (χ1n) is 10.6. The average Bonchev–Trinajstić information content (AvgIpc) is 3.63. The fraction of sp³-hybridized carbons (Fsp3) is 0.208. The Morgan fingerprint density at radius 2 is 1.91 bits per heavy atom. The number of amides is 1. The fourth-order valence-electron chi connectivity index (χ4n) is 3.29. The summed E-state index contributed by atoms with van der Waals surface area (Å²) in [4.78, 5) is 19.0. The van der Waals surface area contributed by atoms with Crippen LogP contribution in [0.3, 0.4) is 0 Å². The van der Waals surface area contributed by atoms with Gasteiger partial charge in [-0.1, -0.05) is 0 Å². The van der Waals surface area contributed by atoms with Crippen LogP contribution in [-0.4, -0.2) is 32.7 Å². The topological polar surface area (TPSA) is 78.3 Å². The minimum absolute atomic E-state index is 0.163. The van der Waals surface area contributed by atoms with E-state index >= 15 is 0 Å². The summed E-state index contributed by atoms with van der Waals surface area (Å²) in [6, 6.07) is 15.9. The van der Waals surface area contributed by atoms with Crippen LogP contribution in [-0.2, 0) is 4.79 Å². The first-order chi connectivity index (χ1) is 16.5. The Morgan fingerprint density at radius 1 is 1.12 bits per heavy atom. The van der Waals surface area contributed by atoms with E-state index in [0.717, 1.165) is 38.8 Å². The zero-order chi connectivity index (χ0) is 23.7. The van der Waals surface area contributed by atoms with Gasteiger partial charge >= 0.3 is 209 Å². The number of carbonyl (C=O) groups is 1. The number of alkyl halides is 1. The molecule has 1 amide bonds. The van der Waals surface area contributed by atoms with E-state index in [9.17, 15) is 9.18 Å². The summed E-state index contributed by atoms with van der Waals surface area (Å²) in [5.41, 5.74) is 1.69. The molecule has 178 valence electrons.